The molecule has 2 bridgehead atoms. The molecule has 30 heavy (non-hydrogen) atoms. The zero-order valence-corrected chi connectivity index (χ0v) is 17.6. The topological polar surface area (TPSA) is 64.1 Å². The van der Waals surface area contributed by atoms with Gasteiger partial charge in [-0.25, -0.2) is 4.98 Å². The van der Waals surface area contributed by atoms with Crippen molar-refractivity contribution in [2.75, 3.05) is 0 Å². The highest BCUT2D eigenvalue weighted by molar-refractivity contribution is 7.13. The Balaban J connectivity index is 1.22. The summed E-state index contributed by atoms with van der Waals surface area (Å²) in [6.07, 6.45) is 5.24. The maximum atomic E-state index is 12.9. The first-order valence-corrected chi connectivity index (χ1v) is 11.5. The number of nitrogens with one attached hydrogen (secondary N) is 1. The summed E-state index contributed by atoms with van der Waals surface area (Å²) in [5.74, 6) is 0.880. The lowest BCUT2D eigenvalue weighted by Gasteiger charge is -2.30. The molecule has 5 nitrogen and oxygen atoms in total. The van der Waals surface area contributed by atoms with Crippen molar-refractivity contribution in [1.29, 1.82) is 0 Å². The smallest absolute Gasteiger partial charge is 0.311 e. The van der Waals surface area contributed by atoms with E-state index >= 15 is 0 Å². The molecule has 2 fully saturated rings. The minimum atomic E-state index is -0.0593. The number of hydrogen-bond acceptors (Lipinski definition) is 6. The average Bonchev–Trinajstić information content (AvgIpc) is 3.53. The van der Waals surface area contributed by atoms with Gasteiger partial charge in [-0.05, 0) is 48.8 Å². The lowest BCUT2D eigenvalue weighted by molar-refractivity contribution is -0.152. The van der Waals surface area contributed by atoms with Gasteiger partial charge in [0, 0.05) is 24.2 Å². The van der Waals surface area contributed by atoms with Gasteiger partial charge in [0.25, 0.3) is 0 Å². The van der Waals surface area contributed by atoms with E-state index in [-0.39, 0.29) is 17.9 Å². The SMILES string of the molecule is O=C(OCc1ccccc1)C1C2CCC(C2)C1NCc1csc(-c2ccccn2)n1. The van der Waals surface area contributed by atoms with Gasteiger partial charge in [-0.1, -0.05) is 36.4 Å². The van der Waals surface area contributed by atoms with Crippen LogP contribution < -0.4 is 5.32 Å². The van der Waals surface area contributed by atoms with E-state index < -0.39 is 0 Å². The first kappa shape index (κ1) is 19.4. The molecule has 0 amide bonds. The zero-order valence-electron chi connectivity index (χ0n) is 16.7. The monoisotopic (exact) mass is 419 g/mol. The van der Waals surface area contributed by atoms with Crippen LogP contribution in [0.1, 0.15) is 30.5 Å². The molecule has 0 radical (unpaired) electrons. The molecule has 2 aromatic heterocycles. The van der Waals surface area contributed by atoms with Gasteiger partial charge in [0.2, 0.25) is 0 Å². The fourth-order valence-electron chi connectivity index (χ4n) is 4.97. The van der Waals surface area contributed by atoms with E-state index in [0.29, 0.717) is 25.0 Å². The van der Waals surface area contributed by atoms with Crippen LogP contribution >= 0.6 is 11.3 Å². The van der Waals surface area contributed by atoms with E-state index in [2.05, 4.69) is 15.7 Å². The lowest BCUT2D eigenvalue weighted by atomic mass is 9.84. The van der Waals surface area contributed by atoms with Crippen LogP contribution in [0.2, 0.25) is 0 Å². The van der Waals surface area contributed by atoms with Crippen molar-refractivity contribution >= 4 is 17.3 Å². The Morgan fingerprint density at radius 2 is 1.93 bits per heavy atom. The third-order valence-electron chi connectivity index (χ3n) is 6.37. The third kappa shape index (κ3) is 4.02. The van der Waals surface area contributed by atoms with Crippen molar-refractivity contribution in [3.05, 3.63) is 71.4 Å². The standard InChI is InChI=1S/C24H25N3O2S/c28-24(29-14-16-6-2-1-3-7-16)21-17-9-10-18(12-17)22(21)26-13-19-15-30-23(27-19)20-8-4-5-11-25-20/h1-8,11,15,17-18,21-22,26H,9-10,12-14H2. The first-order valence-electron chi connectivity index (χ1n) is 10.6. The molecule has 154 valence electrons. The number of carbonyl (C=O) groups is 1. The van der Waals surface area contributed by atoms with Crippen LogP contribution in [0.3, 0.4) is 0 Å². The average molecular weight is 420 g/mol. The highest BCUT2D eigenvalue weighted by Gasteiger charge is 2.51. The lowest BCUT2D eigenvalue weighted by Crippen LogP contribution is -2.44. The highest BCUT2D eigenvalue weighted by Crippen LogP contribution is 2.49. The number of carbonyl (C=O) groups excluding carboxylic acids is 1. The fraction of sp³-hybridized carbons (Fsp3) is 0.375. The molecule has 0 saturated heterocycles. The molecule has 5 rings (SSSR count). The van der Waals surface area contributed by atoms with E-state index in [1.165, 1.54) is 6.42 Å². The van der Waals surface area contributed by atoms with Gasteiger partial charge in [0.15, 0.2) is 0 Å². The van der Waals surface area contributed by atoms with Crippen molar-refractivity contribution in [3.63, 3.8) is 0 Å². The Morgan fingerprint density at radius 1 is 1.10 bits per heavy atom. The van der Waals surface area contributed by atoms with E-state index in [1.54, 1.807) is 17.5 Å². The summed E-state index contributed by atoms with van der Waals surface area (Å²) in [4.78, 5) is 22.0. The molecule has 4 unspecified atom stereocenters. The van der Waals surface area contributed by atoms with Crippen LogP contribution in [0.4, 0.5) is 0 Å². The van der Waals surface area contributed by atoms with E-state index in [4.69, 9.17) is 9.72 Å². The number of thiazole rings is 1. The Kier molecular flexibility index (Phi) is 5.60. The van der Waals surface area contributed by atoms with Crippen molar-refractivity contribution in [1.82, 2.24) is 15.3 Å². The molecule has 2 aliphatic rings. The van der Waals surface area contributed by atoms with Gasteiger partial charge in [-0.2, -0.15) is 0 Å². The molecule has 2 saturated carbocycles. The molecule has 3 aromatic rings. The summed E-state index contributed by atoms with van der Waals surface area (Å²) in [5.41, 5.74) is 2.93. The summed E-state index contributed by atoms with van der Waals surface area (Å²) in [7, 11) is 0. The summed E-state index contributed by atoms with van der Waals surface area (Å²) in [6.45, 7) is 1.01. The summed E-state index contributed by atoms with van der Waals surface area (Å²) in [5, 5.41) is 6.65. The molecule has 2 heterocycles. The number of rotatable bonds is 7. The van der Waals surface area contributed by atoms with Crippen molar-refractivity contribution < 1.29 is 9.53 Å². The number of pyridine rings is 1. The van der Waals surface area contributed by atoms with Gasteiger partial charge in [-0.3, -0.25) is 9.78 Å². The number of aromatic nitrogens is 2. The maximum absolute atomic E-state index is 12.9. The summed E-state index contributed by atoms with van der Waals surface area (Å²) in [6, 6.07) is 15.9. The van der Waals surface area contributed by atoms with Crippen LogP contribution in [-0.2, 0) is 22.7 Å². The van der Waals surface area contributed by atoms with Gasteiger partial charge in [0.05, 0.1) is 17.3 Å². The molecule has 0 spiro atoms. The van der Waals surface area contributed by atoms with Crippen molar-refractivity contribution in [3.8, 4) is 10.7 Å². The largest absolute Gasteiger partial charge is 0.461 e. The minimum Gasteiger partial charge on any atom is -0.461 e. The summed E-state index contributed by atoms with van der Waals surface area (Å²) < 4.78 is 5.71. The zero-order chi connectivity index (χ0) is 20.3. The maximum Gasteiger partial charge on any atom is 0.311 e. The Morgan fingerprint density at radius 3 is 2.77 bits per heavy atom. The number of esters is 1. The van der Waals surface area contributed by atoms with E-state index in [9.17, 15) is 4.79 Å². The summed E-state index contributed by atoms with van der Waals surface area (Å²) >= 11 is 1.61. The molecule has 6 heteroatoms. The Bertz CT molecular complexity index is 992. The van der Waals surface area contributed by atoms with Gasteiger partial charge < -0.3 is 10.1 Å². The Hall–Kier alpha value is -2.57. The van der Waals surface area contributed by atoms with Crippen molar-refractivity contribution in [2.45, 2.75) is 38.5 Å². The van der Waals surface area contributed by atoms with Gasteiger partial charge in [-0.15, -0.1) is 11.3 Å². The second-order valence-electron chi connectivity index (χ2n) is 8.22. The molecular weight excluding hydrogens is 394 g/mol. The first-order chi connectivity index (χ1) is 14.8. The number of benzene rings is 1. The Labute approximate surface area is 180 Å². The molecule has 0 aliphatic heterocycles. The van der Waals surface area contributed by atoms with Gasteiger partial charge >= 0.3 is 5.97 Å². The van der Waals surface area contributed by atoms with E-state index in [0.717, 1.165) is 34.8 Å². The van der Waals surface area contributed by atoms with Crippen LogP contribution in [0, 0.1) is 17.8 Å². The third-order valence-corrected chi connectivity index (χ3v) is 7.28. The highest BCUT2D eigenvalue weighted by atomic mass is 32.1. The number of hydrogen-bond donors (Lipinski definition) is 1. The molecular formula is C24H25N3O2S. The fourth-order valence-corrected chi connectivity index (χ4v) is 5.76. The molecule has 2 aliphatic carbocycles. The number of ether oxygens (including phenoxy) is 1. The van der Waals surface area contributed by atoms with Gasteiger partial charge in [0.1, 0.15) is 11.6 Å². The van der Waals surface area contributed by atoms with Crippen LogP contribution in [0.25, 0.3) is 10.7 Å². The van der Waals surface area contributed by atoms with Crippen LogP contribution in [0.15, 0.2) is 60.1 Å². The normalized spacial score (nSPS) is 24.8. The minimum absolute atomic E-state index is 0.0543. The predicted molar refractivity (Wildman–Crippen MR) is 117 cm³/mol. The molecule has 1 aromatic carbocycles. The van der Waals surface area contributed by atoms with E-state index in [1.807, 2.05) is 48.5 Å². The second kappa shape index (κ2) is 8.66. The molecule has 1 N–H and O–H groups in total. The number of nitrogens with zero attached hydrogens (tertiary/aromatic N) is 2. The van der Waals surface area contributed by atoms with Crippen LogP contribution in [-0.4, -0.2) is 22.0 Å². The number of fused-ring (bicyclic) bond motifs is 2. The quantitative estimate of drug-likeness (QED) is 0.573. The van der Waals surface area contributed by atoms with Crippen molar-refractivity contribution in [2.24, 2.45) is 17.8 Å². The predicted octanol–water partition coefficient (Wildman–Crippen LogP) is 4.45. The second-order valence-corrected chi connectivity index (χ2v) is 9.08. The molecule has 4 atom stereocenters. The van der Waals surface area contributed by atoms with Crippen LogP contribution in [0.5, 0.6) is 0 Å².